The third-order valence-electron chi connectivity index (χ3n) is 6.85. The van der Waals surface area contributed by atoms with Crippen LogP contribution in [-0.4, -0.2) is 20.1 Å². The summed E-state index contributed by atoms with van der Waals surface area (Å²) in [5, 5.41) is 9.80. The van der Waals surface area contributed by atoms with Gasteiger partial charge in [0.05, 0.1) is 11.2 Å². The number of nitrogens with zero attached hydrogens (tertiary/aromatic N) is 3. The molecule has 0 unspecified atom stereocenters. The Bertz CT molecular complexity index is 951. The standard InChI is InChI=1S/C21H24N4/c1-13-6-19-22-20(17-4-2-3-5-18(17)25(19)24-13)23-21-10-14-7-15(11-21)9-16(8-14)12-21/h2-6,14-16H,7-12H2,1H3,(H,22,23). The third-order valence-corrected chi connectivity index (χ3v) is 6.85. The maximum absolute atomic E-state index is 4.99. The average Bonchev–Trinajstić information content (AvgIpc) is 2.94. The minimum atomic E-state index is 0.276. The normalized spacial score (nSPS) is 33.4. The number of rotatable bonds is 2. The van der Waals surface area contributed by atoms with Gasteiger partial charge >= 0.3 is 0 Å². The van der Waals surface area contributed by atoms with Gasteiger partial charge in [0.15, 0.2) is 5.65 Å². The Morgan fingerprint density at radius 2 is 1.72 bits per heavy atom. The minimum absolute atomic E-state index is 0.276. The van der Waals surface area contributed by atoms with Crippen molar-refractivity contribution >= 4 is 22.4 Å². The number of aryl methyl sites for hydroxylation is 1. The van der Waals surface area contributed by atoms with Crippen LogP contribution in [0.15, 0.2) is 30.3 Å². The van der Waals surface area contributed by atoms with E-state index in [0.29, 0.717) is 0 Å². The number of nitrogens with one attached hydrogen (secondary N) is 1. The summed E-state index contributed by atoms with van der Waals surface area (Å²) in [6, 6.07) is 10.6. The van der Waals surface area contributed by atoms with Gasteiger partial charge in [0.1, 0.15) is 5.82 Å². The molecule has 4 aliphatic rings. The molecule has 4 aliphatic carbocycles. The van der Waals surface area contributed by atoms with Crippen LogP contribution in [0.3, 0.4) is 0 Å². The third kappa shape index (κ3) is 2.06. The summed E-state index contributed by atoms with van der Waals surface area (Å²) in [4.78, 5) is 4.99. The molecule has 0 amide bonds. The highest BCUT2D eigenvalue weighted by molar-refractivity contribution is 5.91. The van der Waals surface area contributed by atoms with Gasteiger partial charge in [-0.3, -0.25) is 0 Å². The molecule has 25 heavy (non-hydrogen) atoms. The van der Waals surface area contributed by atoms with Crippen molar-refractivity contribution in [2.24, 2.45) is 17.8 Å². The minimum Gasteiger partial charge on any atom is -0.364 e. The zero-order valence-electron chi connectivity index (χ0n) is 14.7. The lowest BCUT2D eigenvalue weighted by molar-refractivity contribution is 0.0106. The number of fused-ring (bicyclic) bond motifs is 3. The van der Waals surface area contributed by atoms with Gasteiger partial charge in [0.2, 0.25) is 0 Å². The smallest absolute Gasteiger partial charge is 0.158 e. The van der Waals surface area contributed by atoms with Crippen LogP contribution in [0.1, 0.15) is 44.2 Å². The molecule has 0 spiro atoms. The van der Waals surface area contributed by atoms with Gasteiger partial charge in [-0.05, 0) is 75.3 Å². The highest BCUT2D eigenvalue weighted by Gasteiger charge is 2.51. The van der Waals surface area contributed by atoms with Crippen LogP contribution in [-0.2, 0) is 0 Å². The molecule has 1 aromatic carbocycles. The van der Waals surface area contributed by atoms with Crippen molar-refractivity contribution < 1.29 is 0 Å². The molecule has 4 saturated carbocycles. The molecule has 0 radical (unpaired) electrons. The topological polar surface area (TPSA) is 42.2 Å². The Labute approximate surface area is 147 Å². The molecule has 2 heterocycles. The van der Waals surface area contributed by atoms with E-state index in [-0.39, 0.29) is 5.54 Å². The first-order valence-electron chi connectivity index (χ1n) is 9.71. The largest absolute Gasteiger partial charge is 0.364 e. The second-order valence-electron chi connectivity index (χ2n) is 8.86. The molecular formula is C21H24N4. The van der Waals surface area contributed by atoms with Crippen LogP contribution in [0.5, 0.6) is 0 Å². The summed E-state index contributed by atoms with van der Waals surface area (Å²) in [6.07, 6.45) is 8.40. The van der Waals surface area contributed by atoms with Crippen LogP contribution < -0.4 is 5.32 Å². The lowest BCUT2D eigenvalue weighted by Gasteiger charge is -2.57. The lowest BCUT2D eigenvalue weighted by Crippen LogP contribution is -2.54. The van der Waals surface area contributed by atoms with Crippen molar-refractivity contribution in [3.63, 3.8) is 0 Å². The molecule has 4 bridgehead atoms. The first-order chi connectivity index (χ1) is 12.2. The van der Waals surface area contributed by atoms with E-state index in [1.54, 1.807) is 0 Å². The van der Waals surface area contributed by atoms with Gasteiger partial charge in [-0.1, -0.05) is 12.1 Å². The summed E-state index contributed by atoms with van der Waals surface area (Å²) < 4.78 is 1.98. The molecule has 4 nitrogen and oxygen atoms in total. The van der Waals surface area contributed by atoms with E-state index in [1.807, 2.05) is 11.4 Å². The van der Waals surface area contributed by atoms with Gasteiger partial charge in [-0.15, -0.1) is 0 Å². The van der Waals surface area contributed by atoms with Gasteiger partial charge in [-0.25, -0.2) is 9.50 Å². The maximum Gasteiger partial charge on any atom is 0.158 e. The zero-order chi connectivity index (χ0) is 16.6. The summed E-state index contributed by atoms with van der Waals surface area (Å²) >= 11 is 0. The van der Waals surface area contributed by atoms with Crippen LogP contribution >= 0.6 is 0 Å². The van der Waals surface area contributed by atoms with Crippen LogP contribution in [0.25, 0.3) is 16.6 Å². The fraction of sp³-hybridized carbons (Fsp3) is 0.524. The highest BCUT2D eigenvalue weighted by atomic mass is 15.3. The monoisotopic (exact) mass is 332 g/mol. The summed E-state index contributed by atoms with van der Waals surface area (Å²) in [5.41, 5.74) is 3.39. The fourth-order valence-corrected chi connectivity index (χ4v) is 6.39. The number of aromatic nitrogens is 3. The molecule has 0 atom stereocenters. The van der Waals surface area contributed by atoms with Gasteiger partial charge in [0.25, 0.3) is 0 Å². The number of hydrogen-bond acceptors (Lipinski definition) is 3. The van der Waals surface area contributed by atoms with E-state index >= 15 is 0 Å². The van der Waals surface area contributed by atoms with Crippen molar-refractivity contribution in [1.82, 2.24) is 14.6 Å². The van der Waals surface area contributed by atoms with E-state index in [1.165, 1.54) is 43.9 Å². The predicted octanol–water partition coefficient (Wildman–Crippen LogP) is 4.57. The first kappa shape index (κ1) is 14.1. The molecule has 0 aliphatic heterocycles. The Hall–Kier alpha value is -2.10. The molecule has 7 rings (SSSR count). The Kier molecular flexibility index (Phi) is 2.68. The van der Waals surface area contributed by atoms with Crippen molar-refractivity contribution in [3.05, 3.63) is 36.0 Å². The van der Waals surface area contributed by atoms with Crippen LogP contribution in [0, 0.1) is 24.7 Å². The molecule has 4 fully saturated rings. The summed E-state index contributed by atoms with van der Waals surface area (Å²) in [7, 11) is 0. The van der Waals surface area contributed by atoms with Crippen molar-refractivity contribution in [2.75, 3.05) is 5.32 Å². The van der Waals surface area contributed by atoms with E-state index < -0.39 is 0 Å². The number of hydrogen-bond donors (Lipinski definition) is 1. The molecule has 2 aromatic heterocycles. The Morgan fingerprint density at radius 1 is 1.04 bits per heavy atom. The van der Waals surface area contributed by atoms with Crippen molar-refractivity contribution in [3.8, 4) is 0 Å². The van der Waals surface area contributed by atoms with Crippen LogP contribution in [0.4, 0.5) is 5.82 Å². The number of benzene rings is 1. The van der Waals surface area contributed by atoms with Gasteiger partial charge < -0.3 is 5.32 Å². The first-order valence-corrected chi connectivity index (χ1v) is 9.71. The maximum atomic E-state index is 4.99. The number of anilines is 1. The zero-order valence-corrected chi connectivity index (χ0v) is 14.7. The number of para-hydroxylation sites is 1. The second-order valence-corrected chi connectivity index (χ2v) is 8.86. The van der Waals surface area contributed by atoms with Gasteiger partial charge in [0, 0.05) is 17.0 Å². The lowest BCUT2D eigenvalue weighted by atomic mass is 9.53. The molecule has 0 saturated heterocycles. The second kappa shape index (κ2) is 4.75. The fourth-order valence-electron chi connectivity index (χ4n) is 6.39. The van der Waals surface area contributed by atoms with Crippen molar-refractivity contribution in [1.29, 1.82) is 0 Å². The SMILES string of the molecule is Cc1cc2nc(NC34CC5CC(CC(C5)C3)C4)c3ccccc3n2n1. The van der Waals surface area contributed by atoms with E-state index in [9.17, 15) is 0 Å². The Morgan fingerprint density at radius 3 is 2.44 bits per heavy atom. The summed E-state index contributed by atoms with van der Waals surface area (Å²) in [5.74, 6) is 3.87. The Balaban J connectivity index is 1.50. The molecule has 1 N–H and O–H groups in total. The predicted molar refractivity (Wildman–Crippen MR) is 99.8 cm³/mol. The van der Waals surface area contributed by atoms with E-state index in [2.05, 4.69) is 40.7 Å². The molecule has 128 valence electrons. The van der Waals surface area contributed by atoms with E-state index in [4.69, 9.17) is 4.98 Å². The average molecular weight is 332 g/mol. The van der Waals surface area contributed by atoms with Crippen molar-refractivity contribution in [2.45, 2.75) is 51.0 Å². The molecule has 3 aromatic rings. The highest BCUT2D eigenvalue weighted by Crippen LogP contribution is 2.56. The quantitative estimate of drug-likeness (QED) is 0.747. The molecule has 4 heteroatoms. The van der Waals surface area contributed by atoms with E-state index in [0.717, 1.165) is 40.4 Å². The molecular weight excluding hydrogens is 308 g/mol. The van der Waals surface area contributed by atoms with Gasteiger partial charge in [-0.2, -0.15) is 5.10 Å². The summed E-state index contributed by atoms with van der Waals surface area (Å²) in [6.45, 7) is 2.04. The van der Waals surface area contributed by atoms with Crippen LogP contribution in [0.2, 0.25) is 0 Å².